The number of fused-ring (bicyclic) bond motifs is 1. The number of piperidine rings is 1. The molecular formula is C28H34FN7O3. The summed E-state index contributed by atoms with van der Waals surface area (Å²) in [6, 6.07) is 8.79. The van der Waals surface area contributed by atoms with Gasteiger partial charge in [-0.1, -0.05) is 6.58 Å². The van der Waals surface area contributed by atoms with Crippen molar-refractivity contribution >= 4 is 40.5 Å². The van der Waals surface area contributed by atoms with Crippen molar-refractivity contribution in [2.24, 2.45) is 0 Å². The Morgan fingerprint density at radius 3 is 2.64 bits per heavy atom. The number of halogens is 1. The molecule has 0 bridgehead atoms. The lowest BCUT2D eigenvalue weighted by molar-refractivity contribution is -0.127. The van der Waals surface area contributed by atoms with Crippen LogP contribution in [0, 0.1) is 5.82 Å². The van der Waals surface area contributed by atoms with Crippen LogP contribution in [-0.4, -0.2) is 90.7 Å². The molecule has 3 fully saturated rings. The van der Waals surface area contributed by atoms with E-state index in [0.717, 1.165) is 57.1 Å². The molecule has 0 spiro atoms. The van der Waals surface area contributed by atoms with Gasteiger partial charge in [-0.25, -0.2) is 9.37 Å². The summed E-state index contributed by atoms with van der Waals surface area (Å²) in [4.78, 5) is 35.4. The SMILES string of the molecule is C=CC(=O)N1CCCC(Nc2nc(Nc3ccc(N4CCN(C5COC5)CC4C)cc3)c3c(c2F)NC3=O)C1. The van der Waals surface area contributed by atoms with E-state index in [0.29, 0.717) is 31.0 Å². The Bertz CT molecular complexity index is 1280. The topological polar surface area (TPSA) is 102 Å². The number of likely N-dealkylation sites (tertiary alicyclic amines) is 1. The van der Waals surface area contributed by atoms with E-state index in [1.165, 1.54) is 6.08 Å². The summed E-state index contributed by atoms with van der Waals surface area (Å²) in [5.41, 5.74) is 2.23. The molecule has 3 saturated heterocycles. The van der Waals surface area contributed by atoms with Crippen molar-refractivity contribution in [3.63, 3.8) is 0 Å². The number of hydrogen-bond donors (Lipinski definition) is 3. The number of nitrogens with one attached hydrogen (secondary N) is 3. The lowest BCUT2D eigenvalue weighted by atomic mass is 10.0. The van der Waals surface area contributed by atoms with Crippen LogP contribution < -0.4 is 20.9 Å². The number of aromatic nitrogens is 1. The van der Waals surface area contributed by atoms with E-state index in [9.17, 15) is 9.59 Å². The first-order valence-corrected chi connectivity index (χ1v) is 13.6. The minimum absolute atomic E-state index is 0.0503. The Kier molecular flexibility index (Phi) is 6.86. The molecular weight excluding hydrogens is 501 g/mol. The van der Waals surface area contributed by atoms with E-state index in [4.69, 9.17) is 4.74 Å². The van der Waals surface area contributed by atoms with Crippen molar-refractivity contribution in [3.8, 4) is 0 Å². The molecule has 2 unspecified atom stereocenters. The molecule has 1 aromatic heterocycles. The highest BCUT2D eigenvalue weighted by Crippen LogP contribution is 2.39. The van der Waals surface area contributed by atoms with Crippen molar-refractivity contribution in [2.75, 3.05) is 66.8 Å². The van der Waals surface area contributed by atoms with Gasteiger partial charge in [0.25, 0.3) is 5.91 Å². The van der Waals surface area contributed by atoms with Crippen molar-refractivity contribution in [2.45, 2.75) is 37.9 Å². The fourth-order valence-corrected chi connectivity index (χ4v) is 5.83. The second kappa shape index (κ2) is 10.5. The second-order valence-corrected chi connectivity index (χ2v) is 10.7. The molecule has 39 heavy (non-hydrogen) atoms. The third-order valence-corrected chi connectivity index (χ3v) is 8.11. The molecule has 4 aliphatic rings. The maximum absolute atomic E-state index is 15.2. The Balaban J connectivity index is 1.16. The zero-order valence-corrected chi connectivity index (χ0v) is 22.1. The van der Waals surface area contributed by atoms with Crippen molar-refractivity contribution in [1.29, 1.82) is 0 Å². The molecule has 1 aromatic carbocycles. The fourth-order valence-electron chi connectivity index (χ4n) is 5.83. The van der Waals surface area contributed by atoms with Gasteiger partial charge in [-0.15, -0.1) is 0 Å². The van der Waals surface area contributed by atoms with Crippen molar-refractivity contribution in [1.82, 2.24) is 14.8 Å². The Morgan fingerprint density at radius 1 is 1.18 bits per heavy atom. The van der Waals surface area contributed by atoms with Crippen molar-refractivity contribution in [3.05, 3.63) is 48.3 Å². The van der Waals surface area contributed by atoms with E-state index in [2.05, 4.69) is 56.4 Å². The predicted molar refractivity (Wildman–Crippen MR) is 148 cm³/mol. The van der Waals surface area contributed by atoms with E-state index < -0.39 is 5.82 Å². The van der Waals surface area contributed by atoms with Gasteiger partial charge in [0.2, 0.25) is 5.91 Å². The first-order chi connectivity index (χ1) is 18.9. The summed E-state index contributed by atoms with van der Waals surface area (Å²) < 4.78 is 20.6. The van der Waals surface area contributed by atoms with E-state index in [-0.39, 0.29) is 34.9 Å². The van der Waals surface area contributed by atoms with E-state index >= 15 is 4.39 Å². The Hall–Kier alpha value is -3.70. The quantitative estimate of drug-likeness (QED) is 0.465. The molecule has 0 radical (unpaired) electrons. The van der Waals surface area contributed by atoms with Crippen molar-refractivity contribution < 1.29 is 18.7 Å². The molecule has 11 heteroatoms. The Labute approximate surface area is 227 Å². The number of piperazine rings is 1. The highest BCUT2D eigenvalue weighted by molar-refractivity contribution is 6.21. The van der Waals surface area contributed by atoms with Gasteiger partial charge in [0.15, 0.2) is 11.6 Å². The third-order valence-electron chi connectivity index (χ3n) is 8.11. The molecule has 2 amide bonds. The number of rotatable bonds is 7. The summed E-state index contributed by atoms with van der Waals surface area (Å²) in [6.07, 6.45) is 2.86. The van der Waals surface area contributed by atoms with Crippen LogP contribution in [0.3, 0.4) is 0 Å². The number of pyridine rings is 1. The lowest BCUT2D eigenvalue weighted by Gasteiger charge is -2.46. The molecule has 0 saturated carbocycles. The van der Waals surface area contributed by atoms with Crippen LogP contribution in [0.5, 0.6) is 0 Å². The van der Waals surface area contributed by atoms with Gasteiger partial charge in [-0.3, -0.25) is 14.5 Å². The van der Waals surface area contributed by atoms with Crippen LogP contribution in [0.1, 0.15) is 30.1 Å². The molecule has 2 aromatic rings. The van der Waals surface area contributed by atoms with Gasteiger partial charge >= 0.3 is 0 Å². The van der Waals surface area contributed by atoms with Crippen LogP contribution in [0.2, 0.25) is 0 Å². The number of hydrogen-bond acceptors (Lipinski definition) is 8. The smallest absolute Gasteiger partial charge is 0.261 e. The maximum Gasteiger partial charge on any atom is 0.261 e. The molecule has 206 valence electrons. The number of carbonyl (C=O) groups is 2. The highest BCUT2D eigenvalue weighted by atomic mass is 19.1. The molecule has 4 aliphatic heterocycles. The van der Waals surface area contributed by atoms with Crippen LogP contribution in [0.15, 0.2) is 36.9 Å². The third kappa shape index (κ3) is 4.92. The van der Waals surface area contributed by atoms with Crippen LogP contribution in [0.25, 0.3) is 0 Å². The van der Waals surface area contributed by atoms with Crippen LogP contribution in [0.4, 0.5) is 33.1 Å². The summed E-state index contributed by atoms with van der Waals surface area (Å²) in [7, 11) is 0. The minimum Gasteiger partial charge on any atom is -0.378 e. The molecule has 5 heterocycles. The average Bonchev–Trinajstić information content (AvgIpc) is 2.90. The van der Waals surface area contributed by atoms with Gasteiger partial charge in [-0.05, 0) is 50.1 Å². The average molecular weight is 536 g/mol. The number of nitrogens with zero attached hydrogens (tertiary/aromatic N) is 4. The molecule has 10 nitrogen and oxygen atoms in total. The number of benzene rings is 1. The zero-order valence-electron chi connectivity index (χ0n) is 22.1. The van der Waals surface area contributed by atoms with Gasteiger partial charge < -0.3 is 30.5 Å². The molecule has 6 rings (SSSR count). The first-order valence-electron chi connectivity index (χ1n) is 13.6. The van der Waals surface area contributed by atoms with E-state index in [1.54, 1.807) is 4.90 Å². The fraction of sp³-hybridized carbons (Fsp3) is 0.464. The second-order valence-electron chi connectivity index (χ2n) is 10.7. The number of anilines is 5. The Morgan fingerprint density at radius 2 is 1.97 bits per heavy atom. The van der Waals surface area contributed by atoms with Gasteiger partial charge in [0.05, 0.1) is 24.9 Å². The maximum atomic E-state index is 15.2. The predicted octanol–water partition coefficient (Wildman–Crippen LogP) is 3.03. The normalized spacial score (nSPS) is 23.3. The summed E-state index contributed by atoms with van der Waals surface area (Å²) in [5.74, 6) is -0.765. The van der Waals surface area contributed by atoms with Gasteiger partial charge in [-0.2, -0.15) is 0 Å². The number of carbonyl (C=O) groups excluding carboxylic acids is 2. The zero-order chi connectivity index (χ0) is 27.1. The molecule has 2 atom stereocenters. The lowest BCUT2D eigenvalue weighted by Crippen LogP contribution is -2.59. The first kappa shape index (κ1) is 25.6. The summed E-state index contributed by atoms with van der Waals surface area (Å²) in [6.45, 7) is 11.5. The van der Waals surface area contributed by atoms with E-state index in [1.807, 2.05) is 12.1 Å². The van der Waals surface area contributed by atoms with Crippen LogP contribution >= 0.6 is 0 Å². The largest absolute Gasteiger partial charge is 0.378 e. The minimum atomic E-state index is -0.598. The standard InChI is InChI=1S/C28H34FN7O3/c1-3-22(37)35-10-4-5-19(14-35)31-27-24(29)25-23(28(38)32-25)26(33-27)30-18-6-8-20(9-7-18)36-12-11-34(13-17(36)2)21-15-39-16-21/h3,6-9,17,19,21H,1,4-5,10-16H2,2H3,(H,32,38)(H2,30,31,33). The van der Waals surface area contributed by atoms with Crippen LogP contribution in [-0.2, 0) is 9.53 Å². The monoisotopic (exact) mass is 535 g/mol. The number of amides is 2. The summed E-state index contributed by atoms with van der Waals surface area (Å²) in [5, 5.41) is 8.91. The molecule has 3 N–H and O–H groups in total. The van der Waals surface area contributed by atoms with Gasteiger partial charge in [0.1, 0.15) is 11.4 Å². The molecule has 0 aliphatic carbocycles. The number of ether oxygens (including phenoxy) is 1. The summed E-state index contributed by atoms with van der Waals surface area (Å²) >= 11 is 0. The highest BCUT2D eigenvalue weighted by Gasteiger charge is 2.35. The van der Waals surface area contributed by atoms with Gasteiger partial charge in [0, 0.05) is 56.2 Å².